The summed E-state index contributed by atoms with van der Waals surface area (Å²) in [6.07, 6.45) is 1.37. The van der Waals surface area contributed by atoms with Crippen LogP contribution < -0.4 is 5.32 Å². The second-order valence-corrected chi connectivity index (χ2v) is 6.76. The van der Waals surface area contributed by atoms with Crippen LogP contribution in [0, 0.1) is 6.92 Å². The van der Waals surface area contributed by atoms with Crippen molar-refractivity contribution in [1.29, 1.82) is 0 Å². The maximum Gasteiger partial charge on any atom is 0.173 e. The highest BCUT2D eigenvalue weighted by molar-refractivity contribution is 7.19. The highest BCUT2D eigenvalue weighted by Gasteiger charge is 2.16. The Balaban J connectivity index is 0.000000567. The Morgan fingerprint density at radius 3 is 2.48 bits per heavy atom. The van der Waals surface area contributed by atoms with Gasteiger partial charge in [-0.05, 0) is 23.9 Å². The SMILES string of the molecule is CC.CNc1nc(-c2cccs2)nc2sc(CC=O)c(C)c12.COC. The first-order chi connectivity index (χ1) is 12.2. The van der Waals surface area contributed by atoms with Crippen molar-refractivity contribution in [3.05, 3.63) is 28.0 Å². The molecular formula is C18H25N3O2S2. The summed E-state index contributed by atoms with van der Waals surface area (Å²) in [4.78, 5) is 23.1. The lowest BCUT2D eigenvalue weighted by Crippen LogP contribution is -1.97. The summed E-state index contributed by atoms with van der Waals surface area (Å²) in [5.41, 5.74) is 1.10. The van der Waals surface area contributed by atoms with Gasteiger partial charge >= 0.3 is 0 Å². The Morgan fingerprint density at radius 2 is 1.96 bits per heavy atom. The van der Waals surface area contributed by atoms with E-state index in [1.807, 2.05) is 45.3 Å². The Kier molecular flexibility index (Phi) is 9.26. The summed E-state index contributed by atoms with van der Waals surface area (Å²) in [6, 6.07) is 4.00. The van der Waals surface area contributed by atoms with Crippen LogP contribution in [-0.4, -0.2) is 37.5 Å². The van der Waals surface area contributed by atoms with Gasteiger partial charge in [0, 0.05) is 32.6 Å². The number of aromatic nitrogens is 2. The van der Waals surface area contributed by atoms with E-state index in [1.165, 1.54) is 0 Å². The van der Waals surface area contributed by atoms with Crippen LogP contribution in [0.4, 0.5) is 5.82 Å². The number of anilines is 1. The molecule has 0 unspecified atom stereocenters. The Bertz CT molecular complexity index is 783. The van der Waals surface area contributed by atoms with Gasteiger partial charge in [-0.1, -0.05) is 19.9 Å². The molecule has 0 radical (unpaired) electrons. The van der Waals surface area contributed by atoms with E-state index in [1.54, 1.807) is 36.9 Å². The maximum atomic E-state index is 10.8. The number of fused-ring (bicyclic) bond motifs is 1. The summed E-state index contributed by atoms with van der Waals surface area (Å²) in [6.45, 7) is 6.02. The Morgan fingerprint density at radius 1 is 1.28 bits per heavy atom. The van der Waals surface area contributed by atoms with E-state index in [-0.39, 0.29) is 0 Å². The van der Waals surface area contributed by atoms with Gasteiger partial charge in [-0.25, -0.2) is 9.97 Å². The predicted molar refractivity (Wildman–Crippen MR) is 109 cm³/mol. The van der Waals surface area contributed by atoms with Crippen LogP contribution in [-0.2, 0) is 16.0 Å². The number of aldehydes is 1. The van der Waals surface area contributed by atoms with E-state index in [9.17, 15) is 4.79 Å². The van der Waals surface area contributed by atoms with Crippen LogP contribution >= 0.6 is 22.7 Å². The number of aryl methyl sites for hydroxylation is 1. The summed E-state index contributed by atoms with van der Waals surface area (Å²) in [5.74, 6) is 1.56. The molecule has 7 heteroatoms. The monoisotopic (exact) mass is 379 g/mol. The van der Waals surface area contributed by atoms with Gasteiger partial charge in [-0.15, -0.1) is 22.7 Å². The molecule has 0 saturated heterocycles. The van der Waals surface area contributed by atoms with Gasteiger partial charge in [0.2, 0.25) is 0 Å². The van der Waals surface area contributed by atoms with Crippen molar-refractivity contribution in [1.82, 2.24) is 9.97 Å². The van der Waals surface area contributed by atoms with Crippen molar-refractivity contribution in [3.8, 4) is 10.7 Å². The molecule has 3 aromatic heterocycles. The fraction of sp³-hybridized carbons (Fsp3) is 0.389. The first-order valence-corrected chi connectivity index (χ1v) is 9.71. The summed E-state index contributed by atoms with van der Waals surface area (Å²) >= 11 is 3.19. The number of methoxy groups -OCH3 is 1. The standard InChI is InChI=1S/C14H13N3OS2.C2H6O.C2H6/c1-8-9(5-6-18)20-14-11(8)13(15-2)16-12(17-14)10-4-3-7-19-10;1-3-2;1-2/h3-4,6-7H,5H2,1-2H3,(H,15,16,17);1-2H3;1-2H3. The van der Waals surface area contributed by atoms with Crippen molar-refractivity contribution in [2.75, 3.05) is 26.6 Å². The smallest absolute Gasteiger partial charge is 0.173 e. The Hall–Kier alpha value is -1.83. The molecule has 3 heterocycles. The number of carbonyl (C=O) groups is 1. The number of carbonyl (C=O) groups excluding carboxylic acids is 1. The zero-order valence-corrected chi connectivity index (χ0v) is 17.2. The molecule has 0 spiro atoms. The largest absolute Gasteiger partial charge is 0.388 e. The van der Waals surface area contributed by atoms with Gasteiger partial charge in [0.1, 0.15) is 16.9 Å². The van der Waals surface area contributed by atoms with E-state index >= 15 is 0 Å². The molecule has 0 amide bonds. The fourth-order valence-electron chi connectivity index (χ4n) is 2.15. The minimum absolute atomic E-state index is 0.435. The first kappa shape index (κ1) is 21.2. The van der Waals surface area contributed by atoms with Crippen LogP contribution in [0.5, 0.6) is 0 Å². The van der Waals surface area contributed by atoms with E-state index < -0.39 is 0 Å². The minimum Gasteiger partial charge on any atom is -0.388 e. The first-order valence-electron chi connectivity index (χ1n) is 8.01. The number of nitrogens with one attached hydrogen (secondary N) is 1. The van der Waals surface area contributed by atoms with Gasteiger partial charge in [-0.2, -0.15) is 0 Å². The average Bonchev–Trinajstić information content (AvgIpc) is 3.26. The molecule has 0 saturated carbocycles. The van der Waals surface area contributed by atoms with Gasteiger partial charge in [0.15, 0.2) is 5.82 Å². The zero-order chi connectivity index (χ0) is 18.8. The summed E-state index contributed by atoms with van der Waals surface area (Å²) < 4.78 is 4.25. The second kappa shape index (κ2) is 10.9. The van der Waals surface area contributed by atoms with Crippen LogP contribution in [0.25, 0.3) is 20.9 Å². The van der Waals surface area contributed by atoms with Gasteiger partial charge in [-0.3, -0.25) is 0 Å². The second-order valence-electron chi connectivity index (χ2n) is 4.73. The predicted octanol–water partition coefficient (Wildman–Crippen LogP) is 4.80. The lowest BCUT2D eigenvalue weighted by atomic mass is 10.2. The van der Waals surface area contributed by atoms with E-state index in [0.29, 0.717) is 6.42 Å². The molecule has 3 rings (SSSR count). The molecule has 0 bridgehead atoms. The number of nitrogens with zero attached hydrogens (tertiary/aromatic N) is 2. The maximum absolute atomic E-state index is 10.8. The molecule has 0 atom stereocenters. The quantitative estimate of drug-likeness (QED) is 0.660. The molecule has 0 fully saturated rings. The van der Waals surface area contributed by atoms with Crippen LogP contribution in [0.1, 0.15) is 24.3 Å². The molecule has 0 aliphatic carbocycles. The van der Waals surface area contributed by atoms with Crippen LogP contribution in [0.2, 0.25) is 0 Å². The number of rotatable bonds is 4. The third kappa shape index (κ3) is 5.07. The van der Waals surface area contributed by atoms with Gasteiger partial charge in [0.05, 0.1) is 10.3 Å². The number of hydrogen-bond donors (Lipinski definition) is 1. The topological polar surface area (TPSA) is 64.1 Å². The molecule has 0 aliphatic heterocycles. The molecule has 3 aromatic rings. The molecule has 5 nitrogen and oxygen atoms in total. The number of ether oxygens (including phenoxy) is 1. The van der Waals surface area contributed by atoms with E-state index in [0.717, 1.165) is 43.5 Å². The normalized spacial score (nSPS) is 9.68. The van der Waals surface area contributed by atoms with Gasteiger partial charge < -0.3 is 14.8 Å². The molecule has 0 aromatic carbocycles. The highest BCUT2D eigenvalue weighted by Crippen LogP contribution is 2.36. The summed E-state index contributed by atoms with van der Waals surface area (Å²) in [5, 5.41) is 6.18. The average molecular weight is 380 g/mol. The van der Waals surface area contributed by atoms with Gasteiger partial charge in [0.25, 0.3) is 0 Å². The van der Waals surface area contributed by atoms with Crippen molar-refractivity contribution >= 4 is 45.0 Å². The lowest BCUT2D eigenvalue weighted by Gasteiger charge is -2.05. The van der Waals surface area contributed by atoms with Crippen molar-refractivity contribution in [3.63, 3.8) is 0 Å². The lowest BCUT2D eigenvalue weighted by molar-refractivity contribution is -0.107. The van der Waals surface area contributed by atoms with E-state index in [2.05, 4.69) is 20.0 Å². The number of thiophene rings is 2. The van der Waals surface area contributed by atoms with Crippen LogP contribution in [0.15, 0.2) is 17.5 Å². The van der Waals surface area contributed by atoms with Crippen molar-refractivity contribution < 1.29 is 9.53 Å². The minimum atomic E-state index is 0.435. The third-order valence-corrected chi connectivity index (χ3v) is 5.21. The third-order valence-electron chi connectivity index (χ3n) is 3.14. The van der Waals surface area contributed by atoms with Crippen molar-refractivity contribution in [2.24, 2.45) is 0 Å². The molecule has 25 heavy (non-hydrogen) atoms. The van der Waals surface area contributed by atoms with Crippen molar-refractivity contribution in [2.45, 2.75) is 27.2 Å². The Labute approximate surface area is 157 Å². The molecule has 0 aliphatic rings. The zero-order valence-electron chi connectivity index (χ0n) is 15.5. The molecule has 1 N–H and O–H groups in total. The molecular weight excluding hydrogens is 354 g/mol. The molecule has 136 valence electrons. The fourth-order valence-corrected chi connectivity index (χ4v) is 3.93. The highest BCUT2D eigenvalue weighted by atomic mass is 32.1. The van der Waals surface area contributed by atoms with E-state index in [4.69, 9.17) is 0 Å². The number of hydrogen-bond acceptors (Lipinski definition) is 7. The summed E-state index contributed by atoms with van der Waals surface area (Å²) in [7, 11) is 5.11. The van der Waals surface area contributed by atoms with Crippen LogP contribution in [0.3, 0.4) is 0 Å².